The Morgan fingerprint density at radius 2 is 2.03 bits per heavy atom. The van der Waals surface area contributed by atoms with E-state index < -0.39 is 5.82 Å². The first kappa shape index (κ1) is 28.4. The quantitative estimate of drug-likeness (QED) is 0.120. The smallest absolute Gasteiger partial charge is 0.305 e. The van der Waals surface area contributed by atoms with Crippen molar-refractivity contribution in [2.24, 2.45) is 0 Å². The lowest BCUT2D eigenvalue weighted by Crippen LogP contribution is -2.29. The Morgan fingerprint density at radius 1 is 1.25 bits per heavy atom. The summed E-state index contributed by atoms with van der Waals surface area (Å²) in [7, 11) is 2.86. The number of rotatable bonds is 11. The molecule has 6 nitrogen and oxygen atoms in total. The highest BCUT2D eigenvalue weighted by Crippen LogP contribution is 2.40. The Hall–Kier alpha value is -2.14. The monoisotopic (exact) mass is 615 g/mol. The molecule has 1 fully saturated rings. The maximum absolute atomic E-state index is 14.1. The number of thiocarbonyl (C=S) groups is 1. The minimum absolute atomic E-state index is 0.0852. The molecule has 11 heteroatoms. The van der Waals surface area contributed by atoms with Gasteiger partial charge in [0.2, 0.25) is 0 Å². The van der Waals surface area contributed by atoms with E-state index in [0.717, 1.165) is 12.8 Å². The van der Waals surface area contributed by atoms with Crippen molar-refractivity contribution in [2.45, 2.75) is 32.3 Å². The molecule has 192 valence electrons. The summed E-state index contributed by atoms with van der Waals surface area (Å²) < 4.78 is 31.1. The number of unbranched alkanes of at least 4 members (excludes halogenated alkanes) is 2. The molecule has 0 radical (unpaired) electrons. The molecule has 0 N–H and O–H groups in total. The van der Waals surface area contributed by atoms with Gasteiger partial charge in [-0.3, -0.25) is 14.5 Å². The first-order valence-electron chi connectivity index (χ1n) is 11.0. The van der Waals surface area contributed by atoms with E-state index in [1.807, 2.05) is 0 Å². The summed E-state index contributed by atoms with van der Waals surface area (Å²) in [5, 5.41) is 0.271. The van der Waals surface area contributed by atoms with Crippen LogP contribution in [-0.4, -0.2) is 41.9 Å². The molecule has 0 bridgehead atoms. The SMILES string of the molecule is COC(=O)CCCCCN1C(=O)/C(=C\c2cc(Br)c(OCc3c(F)cccc3Cl)c(OC)c2)SC1=S. The third kappa shape index (κ3) is 7.21. The molecule has 0 spiro atoms. The fourth-order valence-corrected chi connectivity index (χ4v) is 5.54. The Labute approximate surface area is 232 Å². The fourth-order valence-electron chi connectivity index (χ4n) is 3.44. The van der Waals surface area contributed by atoms with Crippen molar-refractivity contribution in [1.82, 2.24) is 4.90 Å². The third-order valence-electron chi connectivity index (χ3n) is 5.34. The topological polar surface area (TPSA) is 65.1 Å². The Morgan fingerprint density at radius 3 is 2.72 bits per heavy atom. The number of methoxy groups -OCH3 is 2. The molecule has 1 aliphatic heterocycles. The van der Waals surface area contributed by atoms with E-state index in [1.165, 1.54) is 38.1 Å². The predicted molar refractivity (Wildman–Crippen MR) is 147 cm³/mol. The number of carbonyl (C=O) groups excluding carboxylic acids is 2. The van der Waals surface area contributed by atoms with Gasteiger partial charge in [-0.2, -0.15) is 0 Å². The second-order valence-electron chi connectivity index (χ2n) is 7.74. The molecule has 0 unspecified atom stereocenters. The van der Waals surface area contributed by atoms with Crippen LogP contribution >= 0.6 is 51.5 Å². The highest BCUT2D eigenvalue weighted by molar-refractivity contribution is 9.10. The normalized spacial score (nSPS) is 14.5. The van der Waals surface area contributed by atoms with E-state index in [9.17, 15) is 14.0 Å². The standard InChI is InChI=1S/C25H24BrClFNO5S2/c1-32-20-12-15(11-17(26)23(20)34-14-16-18(27)7-6-8-19(16)28)13-21-24(31)29(25(35)36-21)10-5-3-4-9-22(30)33-2/h6-8,11-13H,3-5,9-10,14H2,1-2H3/b21-13+. The van der Waals surface area contributed by atoms with Crippen LogP contribution in [0.2, 0.25) is 5.02 Å². The molecule has 3 rings (SSSR count). The highest BCUT2D eigenvalue weighted by Gasteiger charge is 2.31. The van der Waals surface area contributed by atoms with Crippen molar-refractivity contribution in [3.05, 3.63) is 61.7 Å². The van der Waals surface area contributed by atoms with E-state index in [4.69, 9.17) is 33.3 Å². The first-order chi connectivity index (χ1) is 17.2. The summed E-state index contributed by atoms with van der Waals surface area (Å²) >= 11 is 16.2. The van der Waals surface area contributed by atoms with Gasteiger partial charge in [-0.15, -0.1) is 0 Å². The van der Waals surface area contributed by atoms with Crippen LogP contribution in [0.3, 0.4) is 0 Å². The number of benzene rings is 2. The van der Waals surface area contributed by atoms with Crippen molar-refractivity contribution in [3.8, 4) is 11.5 Å². The molecule has 1 aliphatic rings. The molecule has 0 aromatic heterocycles. The number of nitrogens with zero attached hydrogens (tertiary/aromatic N) is 1. The molecule has 1 heterocycles. The number of esters is 1. The Kier molecular flexibility index (Phi) is 10.6. The van der Waals surface area contributed by atoms with Crippen LogP contribution < -0.4 is 9.47 Å². The molecule has 0 aliphatic carbocycles. The average molecular weight is 617 g/mol. The summed E-state index contributed by atoms with van der Waals surface area (Å²) in [4.78, 5) is 26.2. The van der Waals surface area contributed by atoms with E-state index in [0.29, 0.717) is 50.1 Å². The van der Waals surface area contributed by atoms with Crippen LogP contribution in [0.15, 0.2) is 39.7 Å². The second kappa shape index (κ2) is 13.4. The van der Waals surface area contributed by atoms with Crippen LogP contribution in [0.5, 0.6) is 11.5 Å². The Bertz CT molecular complexity index is 1170. The van der Waals surface area contributed by atoms with Crippen molar-refractivity contribution >= 4 is 73.8 Å². The van der Waals surface area contributed by atoms with Gasteiger partial charge in [0.25, 0.3) is 5.91 Å². The molecule has 0 saturated carbocycles. The molecule has 0 atom stereocenters. The van der Waals surface area contributed by atoms with Gasteiger partial charge in [-0.1, -0.05) is 48.1 Å². The number of amides is 1. The second-order valence-corrected chi connectivity index (χ2v) is 10.7. The highest BCUT2D eigenvalue weighted by atomic mass is 79.9. The molecule has 1 amide bonds. The van der Waals surface area contributed by atoms with Gasteiger partial charge in [0.15, 0.2) is 11.5 Å². The van der Waals surface area contributed by atoms with Gasteiger partial charge >= 0.3 is 5.97 Å². The molecule has 2 aromatic carbocycles. The minimum atomic E-state index is -0.459. The summed E-state index contributed by atoms with van der Waals surface area (Å²) in [5.74, 6) is -0.0718. The third-order valence-corrected chi connectivity index (χ3v) is 7.66. The van der Waals surface area contributed by atoms with Gasteiger partial charge in [-0.05, 0) is 64.7 Å². The lowest BCUT2D eigenvalue weighted by atomic mass is 10.1. The minimum Gasteiger partial charge on any atom is -0.493 e. The molecule has 36 heavy (non-hydrogen) atoms. The van der Waals surface area contributed by atoms with Crippen LogP contribution in [0.1, 0.15) is 36.8 Å². The number of thioether (sulfide) groups is 1. The van der Waals surface area contributed by atoms with Gasteiger partial charge < -0.3 is 14.2 Å². The molecule has 1 saturated heterocycles. The maximum Gasteiger partial charge on any atom is 0.305 e. The van der Waals surface area contributed by atoms with Gasteiger partial charge in [-0.25, -0.2) is 4.39 Å². The summed E-state index contributed by atoms with van der Waals surface area (Å²) in [6.07, 6.45) is 4.31. The summed E-state index contributed by atoms with van der Waals surface area (Å²) in [6.45, 7) is 0.402. The van der Waals surface area contributed by atoms with Crippen LogP contribution in [-0.2, 0) is 20.9 Å². The average Bonchev–Trinajstić information content (AvgIpc) is 3.11. The van der Waals surface area contributed by atoms with Crippen molar-refractivity contribution in [1.29, 1.82) is 0 Å². The number of halogens is 3. The zero-order chi connectivity index (χ0) is 26.2. The van der Waals surface area contributed by atoms with Crippen molar-refractivity contribution in [3.63, 3.8) is 0 Å². The van der Waals surface area contributed by atoms with Gasteiger partial charge in [0, 0.05) is 18.5 Å². The summed E-state index contributed by atoms with van der Waals surface area (Å²) in [6, 6.07) is 7.94. The number of hydrogen-bond donors (Lipinski definition) is 0. The number of ether oxygens (including phenoxy) is 3. The number of hydrogen-bond acceptors (Lipinski definition) is 7. The molecule has 2 aromatic rings. The fraction of sp³-hybridized carbons (Fsp3) is 0.320. The molecular formula is C25H24BrClFNO5S2. The van der Waals surface area contributed by atoms with Crippen LogP contribution in [0.25, 0.3) is 6.08 Å². The van der Waals surface area contributed by atoms with E-state index in [-0.39, 0.29) is 29.1 Å². The van der Waals surface area contributed by atoms with Crippen LogP contribution in [0.4, 0.5) is 4.39 Å². The lowest BCUT2D eigenvalue weighted by molar-refractivity contribution is -0.140. The first-order valence-corrected chi connectivity index (χ1v) is 13.4. The van der Waals surface area contributed by atoms with Crippen molar-refractivity contribution < 1.29 is 28.2 Å². The van der Waals surface area contributed by atoms with Gasteiger partial charge in [0.1, 0.15) is 16.7 Å². The Balaban J connectivity index is 1.68. The largest absolute Gasteiger partial charge is 0.493 e. The van der Waals surface area contributed by atoms with Crippen LogP contribution in [0, 0.1) is 5.82 Å². The predicted octanol–water partition coefficient (Wildman–Crippen LogP) is 6.76. The van der Waals surface area contributed by atoms with E-state index in [2.05, 4.69) is 20.7 Å². The van der Waals surface area contributed by atoms with Crippen molar-refractivity contribution in [2.75, 3.05) is 20.8 Å². The maximum atomic E-state index is 14.1. The zero-order valence-corrected chi connectivity index (χ0v) is 23.6. The van der Waals surface area contributed by atoms with E-state index in [1.54, 1.807) is 29.2 Å². The van der Waals surface area contributed by atoms with E-state index >= 15 is 0 Å². The summed E-state index contributed by atoms with van der Waals surface area (Å²) in [5.41, 5.74) is 0.944. The zero-order valence-electron chi connectivity index (χ0n) is 19.6. The lowest BCUT2D eigenvalue weighted by Gasteiger charge is -2.15. The molecular weight excluding hydrogens is 593 g/mol. The number of carbonyl (C=O) groups is 2. The van der Waals surface area contributed by atoms with Gasteiger partial charge in [0.05, 0.1) is 28.6 Å².